The Labute approximate surface area is 196 Å². The van der Waals surface area contributed by atoms with Crippen LogP contribution in [0, 0.1) is 0 Å². The first-order valence-electron chi connectivity index (χ1n) is 11.7. The van der Waals surface area contributed by atoms with Crippen LogP contribution in [0.3, 0.4) is 0 Å². The molecule has 1 fully saturated rings. The van der Waals surface area contributed by atoms with Crippen LogP contribution in [0.25, 0.3) is 33.1 Å². The second-order valence-corrected chi connectivity index (χ2v) is 8.79. The van der Waals surface area contributed by atoms with E-state index in [1.165, 1.54) is 12.5 Å². The lowest BCUT2D eigenvalue weighted by Gasteiger charge is -2.33. The van der Waals surface area contributed by atoms with Gasteiger partial charge in [-0.05, 0) is 57.5 Å². The smallest absolute Gasteiger partial charge is 0.344 e. The highest BCUT2D eigenvalue weighted by Crippen LogP contribution is 2.35. The van der Waals surface area contributed by atoms with Gasteiger partial charge in [-0.15, -0.1) is 0 Å². The fourth-order valence-electron chi connectivity index (χ4n) is 4.82. The Bertz CT molecular complexity index is 1480. The van der Waals surface area contributed by atoms with Gasteiger partial charge in [0.25, 0.3) is 0 Å². The zero-order valence-corrected chi connectivity index (χ0v) is 19.3. The van der Waals surface area contributed by atoms with Crippen molar-refractivity contribution in [2.24, 2.45) is 0 Å². The molecule has 0 radical (unpaired) electrons. The Balaban J connectivity index is 1.69. The molecule has 1 unspecified atom stereocenters. The van der Waals surface area contributed by atoms with E-state index in [0.717, 1.165) is 19.4 Å². The summed E-state index contributed by atoms with van der Waals surface area (Å²) in [4.78, 5) is 27.9. The number of piperidine rings is 1. The van der Waals surface area contributed by atoms with Gasteiger partial charge in [0.1, 0.15) is 11.3 Å². The standard InChI is InChI=1S/C27H27NO6/c1-3-32-23-9-6-8-17-13-20(27(31)34-25(17)23)19-14-24(30)33-26-18(19)10-11-22(29)21(26)15-28-12-5-4-7-16(28)2/h6,8-11,13-14,16,29H,3-5,7,12,15H2,1-2H3. The predicted molar refractivity (Wildman–Crippen MR) is 131 cm³/mol. The Morgan fingerprint density at radius 3 is 2.71 bits per heavy atom. The second-order valence-electron chi connectivity index (χ2n) is 8.79. The molecule has 2 aromatic carbocycles. The van der Waals surface area contributed by atoms with E-state index in [-0.39, 0.29) is 11.3 Å². The van der Waals surface area contributed by atoms with Crippen molar-refractivity contribution in [1.82, 2.24) is 4.90 Å². The molecule has 1 aliphatic rings. The SMILES string of the molecule is CCOc1cccc2cc(-c3cc(=O)oc4c(CN5CCCCC5C)c(O)ccc34)c(=O)oc12. The number of para-hydroxylation sites is 1. The van der Waals surface area contributed by atoms with E-state index >= 15 is 0 Å². The Morgan fingerprint density at radius 1 is 1.06 bits per heavy atom. The molecule has 1 aliphatic heterocycles. The third-order valence-corrected chi connectivity index (χ3v) is 6.61. The van der Waals surface area contributed by atoms with Crippen molar-refractivity contribution in [2.75, 3.05) is 13.2 Å². The first kappa shape index (κ1) is 22.2. The van der Waals surface area contributed by atoms with E-state index < -0.39 is 11.3 Å². The van der Waals surface area contributed by atoms with Gasteiger partial charge in [0.2, 0.25) is 0 Å². The average molecular weight is 462 g/mol. The molecule has 5 rings (SSSR count). The Kier molecular flexibility index (Phi) is 5.87. The summed E-state index contributed by atoms with van der Waals surface area (Å²) in [6.45, 7) is 5.84. The van der Waals surface area contributed by atoms with Gasteiger partial charge in [0.05, 0.1) is 17.7 Å². The molecule has 0 bridgehead atoms. The maximum absolute atomic E-state index is 13.0. The zero-order chi connectivity index (χ0) is 23.8. The molecule has 1 atom stereocenters. The minimum absolute atomic E-state index is 0.0671. The number of nitrogens with zero attached hydrogens (tertiary/aromatic N) is 1. The molecule has 34 heavy (non-hydrogen) atoms. The number of likely N-dealkylation sites (tertiary alicyclic amines) is 1. The van der Waals surface area contributed by atoms with Gasteiger partial charge in [0.15, 0.2) is 11.3 Å². The van der Waals surface area contributed by atoms with Gasteiger partial charge in [-0.1, -0.05) is 18.6 Å². The third-order valence-electron chi connectivity index (χ3n) is 6.61. The molecular weight excluding hydrogens is 434 g/mol. The number of rotatable bonds is 5. The lowest BCUT2D eigenvalue weighted by atomic mass is 9.98. The van der Waals surface area contributed by atoms with Crippen LogP contribution in [0.1, 0.15) is 38.7 Å². The molecule has 7 nitrogen and oxygen atoms in total. The third kappa shape index (κ3) is 3.96. The summed E-state index contributed by atoms with van der Waals surface area (Å²) in [7, 11) is 0. The van der Waals surface area contributed by atoms with E-state index in [2.05, 4.69) is 11.8 Å². The van der Waals surface area contributed by atoms with Crippen LogP contribution >= 0.6 is 0 Å². The van der Waals surface area contributed by atoms with Crippen molar-refractivity contribution in [3.05, 3.63) is 68.9 Å². The minimum Gasteiger partial charge on any atom is -0.507 e. The number of fused-ring (bicyclic) bond motifs is 2. The van der Waals surface area contributed by atoms with Crippen molar-refractivity contribution < 1.29 is 18.7 Å². The molecular formula is C27H27NO6. The van der Waals surface area contributed by atoms with Gasteiger partial charge in [0, 0.05) is 35.0 Å². The second kappa shape index (κ2) is 8.99. The van der Waals surface area contributed by atoms with E-state index in [0.29, 0.717) is 58.0 Å². The Hall–Kier alpha value is -3.58. The fourth-order valence-corrected chi connectivity index (χ4v) is 4.82. The number of hydrogen-bond acceptors (Lipinski definition) is 7. The van der Waals surface area contributed by atoms with Crippen LogP contribution in [0.5, 0.6) is 11.5 Å². The zero-order valence-electron chi connectivity index (χ0n) is 19.3. The lowest BCUT2D eigenvalue weighted by molar-refractivity contribution is 0.151. The van der Waals surface area contributed by atoms with Crippen molar-refractivity contribution in [1.29, 1.82) is 0 Å². The molecule has 2 aromatic heterocycles. The van der Waals surface area contributed by atoms with Crippen molar-refractivity contribution in [3.8, 4) is 22.6 Å². The van der Waals surface area contributed by atoms with Crippen molar-refractivity contribution in [3.63, 3.8) is 0 Å². The average Bonchev–Trinajstić information content (AvgIpc) is 2.82. The molecule has 0 aliphatic carbocycles. The first-order valence-corrected chi connectivity index (χ1v) is 11.7. The molecule has 0 spiro atoms. The lowest BCUT2D eigenvalue weighted by Crippen LogP contribution is -2.36. The number of phenolic OH excluding ortho intramolecular Hbond substituents is 1. The maximum atomic E-state index is 13.0. The number of aromatic hydroxyl groups is 1. The molecule has 0 saturated carbocycles. The van der Waals surface area contributed by atoms with Gasteiger partial charge in [-0.3, -0.25) is 4.90 Å². The minimum atomic E-state index is -0.594. The largest absolute Gasteiger partial charge is 0.507 e. The normalized spacial score (nSPS) is 16.8. The van der Waals surface area contributed by atoms with Crippen molar-refractivity contribution in [2.45, 2.75) is 45.7 Å². The van der Waals surface area contributed by atoms with Crippen LogP contribution in [0.4, 0.5) is 0 Å². The highest BCUT2D eigenvalue weighted by Gasteiger charge is 2.23. The van der Waals surface area contributed by atoms with E-state index in [1.54, 1.807) is 24.3 Å². The molecule has 176 valence electrons. The summed E-state index contributed by atoms with van der Waals surface area (Å²) < 4.78 is 16.8. The van der Waals surface area contributed by atoms with Crippen molar-refractivity contribution >= 4 is 21.9 Å². The van der Waals surface area contributed by atoms with Gasteiger partial charge >= 0.3 is 11.3 Å². The van der Waals surface area contributed by atoms with Gasteiger partial charge in [-0.25, -0.2) is 9.59 Å². The first-order chi connectivity index (χ1) is 16.5. The molecule has 0 amide bonds. The molecule has 7 heteroatoms. The fraction of sp³-hybridized carbons (Fsp3) is 0.333. The molecule has 1 saturated heterocycles. The predicted octanol–water partition coefficient (Wildman–Crippen LogP) is 5.05. The maximum Gasteiger partial charge on any atom is 0.344 e. The summed E-state index contributed by atoms with van der Waals surface area (Å²) in [5.41, 5.74) is 0.702. The van der Waals surface area contributed by atoms with Crippen LogP contribution in [0.15, 0.2) is 60.9 Å². The summed E-state index contributed by atoms with van der Waals surface area (Å²) in [6, 6.07) is 12.0. The monoisotopic (exact) mass is 461 g/mol. The molecule has 1 N–H and O–H groups in total. The highest BCUT2D eigenvalue weighted by molar-refractivity contribution is 5.97. The number of hydrogen-bond donors (Lipinski definition) is 1. The number of benzene rings is 2. The summed E-state index contributed by atoms with van der Waals surface area (Å²) >= 11 is 0. The van der Waals surface area contributed by atoms with Crippen LogP contribution in [0.2, 0.25) is 0 Å². The van der Waals surface area contributed by atoms with Crippen LogP contribution < -0.4 is 16.0 Å². The highest BCUT2D eigenvalue weighted by atomic mass is 16.5. The van der Waals surface area contributed by atoms with Gasteiger partial charge < -0.3 is 18.7 Å². The van der Waals surface area contributed by atoms with E-state index in [9.17, 15) is 14.7 Å². The van der Waals surface area contributed by atoms with Crippen LogP contribution in [-0.4, -0.2) is 29.2 Å². The molecule has 3 heterocycles. The summed E-state index contributed by atoms with van der Waals surface area (Å²) in [5.74, 6) is 0.557. The summed E-state index contributed by atoms with van der Waals surface area (Å²) in [5, 5.41) is 11.9. The van der Waals surface area contributed by atoms with Crippen LogP contribution in [-0.2, 0) is 6.54 Å². The molecule has 4 aromatic rings. The number of phenols is 1. The topological polar surface area (TPSA) is 93.1 Å². The number of ether oxygens (including phenoxy) is 1. The van der Waals surface area contributed by atoms with E-state index in [1.807, 2.05) is 19.1 Å². The van der Waals surface area contributed by atoms with Gasteiger partial charge in [-0.2, -0.15) is 0 Å². The van der Waals surface area contributed by atoms with E-state index in [4.69, 9.17) is 13.6 Å². The Morgan fingerprint density at radius 2 is 1.91 bits per heavy atom. The quantitative estimate of drug-likeness (QED) is 0.416. The summed E-state index contributed by atoms with van der Waals surface area (Å²) in [6.07, 6.45) is 3.36.